The molecule has 1 aromatic carbocycles. The molecule has 1 aliphatic rings. The Bertz CT molecular complexity index is 453. The van der Waals surface area contributed by atoms with Gasteiger partial charge in [-0.1, -0.05) is 0 Å². The Morgan fingerprint density at radius 3 is 2.65 bits per heavy atom. The highest BCUT2D eigenvalue weighted by Crippen LogP contribution is 2.22. The summed E-state index contributed by atoms with van der Waals surface area (Å²) < 4.78 is 33.7. The van der Waals surface area contributed by atoms with E-state index in [-0.39, 0.29) is 17.8 Å². The summed E-state index contributed by atoms with van der Waals surface area (Å²) in [6, 6.07) is 5.70. The molecule has 0 aromatic heterocycles. The van der Waals surface area contributed by atoms with Crippen molar-refractivity contribution in [2.45, 2.75) is 31.7 Å². The highest BCUT2D eigenvalue weighted by molar-refractivity contribution is 5.94. The Labute approximate surface area is 115 Å². The summed E-state index contributed by atoms with van der Waals surface area (Å²) in [4.78, 5) is 11.9. The fraction of sp³-hybridized carbons (Fsp3) is 0.462. The van der Waals surface area contributed by atoms with Gasteiger partial charge in [-0.3, -0.25) is 4.79 Å². The van der Waals surface area contributed by atoms with Crippen molar-refractivity contribution in [3.63, 3.8) is 0 Å². The van der Waals surface area contributed by atoms with Crippen molar-refractivity contribution < 1.29 is 23.0 Å². The molecule has 0 aliphatic carbocycles. The number of halogens is 2. The van der Waals surface area contributed by atoms with Crippen LogP contribution in [0.25, 0.3) is 0 Å². The average Bonchev–Trinajstić information content (AvgIpc) is 2.89. The highest BCUT2D eigenvalue weighted by atomic mass is 19.3. The van der Waals surface area contributed by atoms with Crippen LogP contribution < -0.4 is 15.8 Å². The van der Waals surface area contributed by atoms with Crippen LogP contribution in [0.15, 0.2) is 24.3 Å². The van der Waals surface area contributed by atoms with Crippen molar-refractivity contribution >= 4 is 11.6 Å². The highest BCUT2D eigenvalue weighted by Gasteiger charge is 2.29. The van der Waals surface area contributed by atoms with E-state index in [1.54, 1.807) is 0 Å². The summed E-state index contributed by atoms with van der Waals surface area (Å²) in [6.07, 6.45) is 0.795. The first-order valence-corrected chi connectivity index (χ1v) is 6.29. The van der Waals surface area contributed by atoms with Gasteiger partial charge < -0.3 is 20.5 Å². The summed E-state index contributed by atoms with van der Waals surface area (Å²) in [6.45, 7) is -2.47. The monoisotopic (exact) mass is 286 g/mol. The number of carbonyl (C=O) groups excluding carboxylic acids is 1. The van der Waals surface area contributed by atoms with Crippen molar-refractivity contribution in [1.82, 2.24) is 0 Å². The lowest BCUT2D eigenvalue weighted by molar-refractivity contribution is -0.126. The van der Waals surface area contributed by atoms with E-state index in [4.69, 9.17) is 10.5 Å². The third-order valence-electron chi connectivity index (χ3n) is 3.01. The number of nitrogens with one attached hydrogen (secondary N) is 1. The number of anilines is 1. The number of ether oxygens (including phenoxy) is 2. The fourth-order valence-corrected chi connectivity index (χ4v) is 2.01. The second-order valence-corrected chi connectivity index (χ2v) is 4.45. The van der Waals surface area contributed by atoms with Gasteiger partial charge in [-0.05, 0) is 37.1 Å². The Morgan fingerprint density at radius 1 is 1.40 bits per heavy atom. The number of amides is 1. The summed E-state index contributed by atoms with van der Waals surface area (Å²) >= 11 is 0. The van der Waals surface area contributed by atoms with Crippen LogP contribution in [0.2, 0.25) is 0 Å². The van der Waals surface area contributed by atoms with E-state index < -0.39 is 12.7 Å². The van der Waals surface area contributed by atoms with Crippen LogP contribution in [0.4, 0.5) is 14.5 Å². The lowest BCUT2D eigenvalue weighted by Crippen LogP contribution is -2.29. The Balaban J connectivity index is 1.88. The summed E-state index contributed by atoms with van der Waals surface area (Å²) in [5, 5.41) is 2.66. The Hall–Kier alpha value is -1.73. The van der Waals surface area contributed by atoms with Gasteiger partial charge in [0.1, 0.15) is 11.9 Å². The average molecular weight is 286 g/mol. The topological polar surface area (TPSA) is 73.6 Å². The van der Waals surface area contributed by atoms with Crippen LogP contribution in [-0.4, -0.2) is 31.3 Å². The summed E-state index contributed by atoms with van der Waals surface area (Å²) in [7, 11) is 0. The van der Waals surface area contributed by atoms with Crippen molar-refractivity contribution in [2.75, 3.05) is 11.9 Å². The van der Waals surface area contributed by atoms with Gasteiger partial charge in [0.05, 0.1) is 6.10 Å². The molecule has 0 spiro atoms. The third kappa shape index (κ3) is 3.88. The molecular formula is C13H16F2N2O3. The number of benzene rings is 1. The molecule has 5 nitrogen and oxygen atoms in total. The number of hydrogen-bond donors (Lipinski definition) is 2. The molecule has 0 bridgehead atoms. The zero-order chi connectivity index (χ0) is 14.5. The smallest absolute Gasteiger partial charge is 0.387 e. The van der Waals surface area contributed by atoms with Gasteiger partial charge in [0.15, 0.2) is 0 Å². The van der Waals surface area contributed by atoms with Crippen LogP contribution >= 0.6 is 0 Å². The first-order valence-electron chi connectivity index (χ1n) is 6.29. The van der Waals surface area contributed by atoms with Crippen molar-refractivity contribution in [3.05, 3.63) is 24.3 Å². The standard InChI is InChI=1S/C13H16F2N2O3/c14-13(15)20-9-3-1-8(2-4-9)17-12(18)11-6-5-10(7-16)19-11/h1-4,10-11,13H,5-7,16H2,(H,17,18). The third-order valence-corrected chi connectivity index (χ3v) is 3.01. The molecule has 20 heavy (non-hydrogen) atoms. The van der Waals surface area contributed by atoms with E-state index in [0.29, 0.717) is 18.7 Å². The van der Waals surface area contributed by atoms with E-state index in [9.17, 15) is 13.6 Å². The minimum atomic E-state index is -2.87. The lowest BCUT2D eigenvalue weighted by Gasteiger charge is -2.13. The molecule has 3 N–H and O–H groups in total. The lowest BCUT2D eigenvalue weighted by atomic mass is 10.2. The predicted molar refractivity (Wildman–Crippen MR) is 68.7 cm³/mol. The van der Waals surface area contributed by atoms with Gasteiger partial charge in [-0.25, -0.2) is 0 Å². The van der Waals surface area contributed by atoms with Gasteiger partial charge in [0, 0.05) is 12.2 Å². The second-order valence-electron chi connectivity index (χ2n) is 4.45. The maximum Gasteiger partial charge on any atom is 0.387 e. The number of rotatable bonds is 5. The molecule has 1 saturated heterocycles. The van der Waals surface area contributed by atoms with Gasteiger partial charge in [-0.15, -0.1) is 0 Å². The Kier molecular flexibility index (Phi) is 4.86. The van der Waals surface area contributed by atoms with E-state index >= 15 is 0 Å². The maximum absolute atomic E-state index is 12.0. The van der Waals surface area contributed by atoms with Crippen LogP contribution in [0, 0.1) is 0 Å². The van der Waals surface area contributed by atoms with Gasteiger partial charge in [0.2, 0.25) is 0 Å². The molecule has 2 unspecified atom stereocenters. The first kappa shape index (κ1) is 14.7. The van der Waals surface area contributed by atoms with Crippen molar-refractivity contribution in [3.8, 4) is 5.75 Å². The van der Waals surface area contributed by atoms with E-state index in [1.165, 1.54) is 24.3 Å². The quantitative estimate of drug-likeness (QED) is 0.864. The molecule has 7 heteroatoms. The maximum atomic E-state index is 12.0. The minimum absolute atomic E-state index is 0.0401. The summed E-state index contributed by atoms with van der Waals surface area (Å²) in [5.74, 6) is -0.221. The van der Waals surface area contributed by atoms with Gasteiger partial charge in [-0.2, -0.15) is 8.78 Å². The number of nitrogens with two attached hydrogens (primary N) is 1. The molecule has 1 aromatic rings. The van der Waals surface area contributed by atoms with Crippen molar-refractivity contribution in [1.29, 1.82) is 0 Å². The number of carbonyl (C=O) groups is 1. The molecule has 2 rings (SSSR count). The van der Waals surface area contributed by atoms with Gasteiger partial charge in [0.25, 0.3) is 5.91 Å². The zero-order valence-corrected chi connectivity index (χ0v) is 10.7. The molecule has 110 valence electrons. The van der Waals surface area contributed by atoms with E-state index in [0.717, 1.165) is 6.42 Å². The zero-order valence-electron chi connectivity index (χ0n) is 10.7. The molecule has 0 radical (unpaired) electrons. The van der Waals surface area contributed by atoms with Crippen LogP contribution in [0.1, 0.15) is 12.8 Å². The molecule has 1 fully saturated rings. The van der Waals surface area contributed by atoms with Crippen LogP contribution in [0.5, 0.6) is 5.75 Å². The minimum Gasteiger partial charge on any atom is -0.435 e. The molecule has 1 aliphatic heterocycles. The molecular weight excluding hydrogens is 270 g/mol. The number of alkyl halides is 2. The second kappa shape index (κ2) is 6.62. The molecule has 2 atom stereocenters. The normalized spacial score (nSPS) is 22.0. The first-order chi connectivity index (χ1) is 9.58. The van der Waals surface area contributed by atoms with E-state index in [2.05, 4.69) is 10.1 Å². The number of hydrogen-bond acceptors (Lipinski definition) is 4. The van der Waals surface area contributed by atoms with Crippen LogP contribution in [-0.2, 0) is 9.53 Å². The largest absolute Gasteiger partial charge is 0.435 e. The van der Waals surface area contributed by atoms with Crippen molar-refractivity contribution in [2.24, 2.45) is 5.73 Å². The van der Waals surface area contributed by atoms with Gasteiger partial charge >= 0.3 is 6.61 Å². The Morgan fingerprint density at radius 2 is 2.10 bits per heavy atom. The SMILES string of the molecule is NCC1CCC(C(=O)Nc2ccc(OC(F)F)cc2)O1. The van der Waals surface area contributed by atoms with Crippen LogP contribution in [0.3, 0.4) is 0 Å². The summed E-state index contributed by atoms with van der Waals surface area (Å²) in [5.41, 5.74) is 5.97. The fourth-order valence-electron chi connectivity index (χ4n) is 2.01. The molecule has 1 heterocycles. The molecule has 1 amide bonds. The van der Waals surface area contributed by atoms with E-state index in [1.807, 2.05) is 0 Å². The molecule has 0 saturated carbocycles. The predicted octanol–water partition coefficient (Wildman–Crippen LogP) is 1.73.